The van der Waals surface area contributed by atoms with Gasteiger partial charge in [0.2, 0.25) is 0 Å². The fraction of sp³-hybridized carbons (Fsp3) is 0. The van der Waals surface area contributed by atoms with Gasteiger partial charge in [-0.05, 0) is 36.4 Å². The lowest BCUT2D eigenvalue weighted by Crippen LogP contribution is -1.94. The van der Waals surface area contributed by atoms with Gasteiger partial charge in [0.05, 0.1) is 11.3 Å². The second-order valence-electron chi connectivity index (χ2n) is 5.20. The minimum absolute atomic E-state index is 0.118. The molecule has 0 aliphatic heterocycles. The molecular formula is C17H11N3O3. The van der Waals surface area contributed by atoms with E-state index in [0.717, 1.165) is 16.3 Å². The number of aromatic hydroxyl groups is 1. The first-order valence-electron chi connectivity index (χ1n) is 6.94. The number of aromatic carboxylic acids is 1. The van der Waals surface area contributed by atoms with Crippen molar-refractivity contribution >= 4 is 27.9 Å². The van der Waals surface area contributed by atoms with Crippen molar-refractivity contribution < 1.29 is 15.0 Å². The van der Waals surface area contributed by atoms with Crippen LogP contribution in [0.2, 0.25) is 0 Å². The van der Waals surface area contributed by atoms with Crippen LogP contribution in [0.4, 0.5) is 0 Å². The summed E-state index contributed by atoms with van der Waals surface area (Å²) >= 11 is 0. The number of rotatable bonds is 2. The van der Waals surface area contributed by atoms with E-state index < -0.39 is 5.97 Å². The van der Waals surface area contributed by atoms with Crippen LogP contribution in [-0.4, -0.2) is 31.4 Å². The number of benzene rings is 2. The van der Waals surface area contributed by atoms with Crippen molar-refractivity contribution in [2.75, 3.05) is 0 Å². The highest BCUT2D eigenvalue weighted by Crippen LogP contribution is 2.31. The first kappa shape index (κ1) is 13.3. The number of aromatic amines is 1. The van der Waals surface area contributed by atoms with E-state index in [1.165, 1.54) is 6.07 Å². The zero-order valence-corrected chi connectivity index (χ0v) is 11.8. The van der Waals surface area contributed by atoms with E-state index in [4.69, 9.17) is 5.11 Å². The quantitative estimate of drug-likeness (QED) is 0.528. The van der Waals surface area contributed by atoms with E-state index in [1.54, 1.807) is 42.5 Å². The second-order valence-corrected chi connectivity index (χ2v) is 5.20. The van der Waals surface area contributed by atoms with Crippen LogP contribution in [-0.2, 0) is 0 Å². The Labute approximate surface area is 130 Å². The Bertz CT molecular complexity index is 1070. The van der Waals surface area contributed by atoms with Crippen molar-refractivity contribution in [3.05, 3.63) is 54.1 Å². The Morgan fingerprint density at radius 1 is 1.00 bits per heavy atom. The van der Waals surface area contributed by atoms with Crippen LogP contribution in [0.15, 0.2) is 48.5 Å². The predicted octanol–water partition coefficient (Wildman–Crippen LogP) is 3.18. The summed E-state index contributed by atoms with van der Waals surface area (Å²) in [6, 6.07) is 13.5. The molecule has 0 aliphatic rings. The topological polar surface area (TPSA) is 99.1 Å². The second kappa shape index (κ2) is 4.81. The Kier molecular flexibility index (Phi) is 2.77. The highest BCUT2D eigenvalue weighted by molar-refractivity contribution is 6.08. The van der Waals surface area contributed by atoms with Crippen molar-refractivity contribution in [2.45, 2.75) is 0 Å². The number of H-pyrrole nitrogens is 1. The molecule has 4 rings (SSSR count). The number of aromatic nitrogens is 3. The van der Waals surface area contributed by atoms with Gasteiger partial charge in [-0.25, -0.2) is 4.79 Å². The Balaban J connectivity index is 2.00. The molecule has 4 aromatic rings. The number of nitrogens with zero attached hydrogens (tertiary/aromatic N) is 2. The molecule has 2 aromatic heterocycles. The predicted molar refractivity (Wildman–Crippen MR) is 85.5 cm³/mol. The normalized spacial score (nSPS) is 11.1. The zero-order valence-electron chi connectivity index (χ0n) is 11.8. The monoisotopic (exact) mass is 305 g/mol. The van der Waals surface area contributed by atoms with Gasteiger partial charge in [-0.1, -0.05) is 12.1 Å². The summed E-state index contributed by atoms with van der Waals surface area (Å²) in [7, 11) is 0. The van der Waals surface area contributed by atoms with E-state index in [-0.39, 0.29) is 11.3 Å². The number of hydrogen-bond acceptors (Lipinski definition) is 4. The highest BCUT2D eigenvalue weighted by Gasteiger charge is 2.12. The largest absolute Gasteiger partial charge is 0.507 e. The van der Waals surface area contributed by atoms with Crippen LogP contribution in [0.25, 0.3) is 33.2 Å². The van der Waals surface area contributed by atoms with Gasteiger partial charge >= 0.3 is 5.97 Å². The molecule has 2 heterocycles. The van der Waals surface area contributed by atoms with Crippen molar-refractivity contribution in [3.63, 3.8) is 0 Å². The first-order valence-corrected chi connectivity index (χ1v) is 6.94. The van der Waals surface area contributed by atoms with E-state index in [2.05, 4.69) is 15.2 Å². The van der Waals surface area contributed by atoms with E-state index >= 15 is 0 Å². The van der Waals surface area contributed by atoms with Crippen LogP contribution in [0.5, 0.6) is 5.75 Å². The number of nitrogens with one attached hydrogen (secondary N) is 1. The summed E-state index contributed by atoms with van der Waals surface area (Å²) in [6.07, 6.45) is 0. The van der Waals surface area contributed by atoms with Crippen LogP contribution in [0.1, 0.15) is 10.4 Å². The number of fused-ring (bicyclic) bond motifs is 3. The molecule has 0 saturated heterocycles. The molecule has 112 valence electrons. The number of phenols is 1. The van der Waals surface area contributed by atoms with Gasteiger partial charge in [-0.2, -0.15) is 0 Å². The third-order valence-corrected chi connectivity index (χ3v) is 3.78. The first-order chi connectivity index (χ1) is 11.1. The number of hydrogen-bond donors (Lipinski definition) is 3. The molecule has 0 amide bonds. The van der Waals surface area contributed by atoms with Crippen LogP contribution < -0.4 is 0 Å². The van der Waals surface area contributed by atoms with Gasteiger partial charge in [0, 0.05) is 21.9 Å². The molecule has 6 heteroatoms. The molecular weight excluding hydrogens is 294 g/mol. The maximum atomic E-state index is 11.2. The lowest BCUT2D eigenvalue weighted by atomic mass is 10.1. The standard InChI is InChI=1S/C17H11N3O3/c21-15-4-2-1-3-10(15)14-8-12-11-7-9(17(22)23)5-6-13(11)18-16(12)20-19-14/h1-8,21H,(H,18,20)(H,22,23). The fourth-order valence-electron chi connectivity index (χ4n) is 2.65. The molecule has 0 spiro atoms. The summed E-state index contributed by atoms with van der Waals surface area (Å²) in [5.41, 5.74) is 2.66. The Morgan fingerprint density at radius 2 is 1.83 bits per heavy atom. The molecule has 0 saturated carbocycles. The average Bonchev–Trinajstić information content (AvgIpc) is 2.92. The average molecular weight is 305 g/mol. The van der Waals surface area contributed by atoms with Crippen molar-refractivity contribution in [3.8, 4) is 17.0 Å². The van der Waals surface area contributed by atoms with Crippen LogP contribution >= 0.6 is 0 Å². The van der Waals surface area contributed by atoms with E-state index in [9.17, 15) is 9.90 Å². The Morgan fingerprint density at radius 3 is 2.61 bits per heavy atom. The molecule has 0 fully saturated rings. The maximum absolute atomic E-state index is 11.2. The third kappa shape index (κ3) is 2.08. The van der Waals surface area contributed by atoms with Crippen molar-refractivity contribution in [1.29, 1.82) is 0 Å². The van der Waals surface area contributed by atoms with Gasteiger partial charge < -0.3 is 15.2 Å². The van der Waals surface area contributed by atoms with E-state index in [1.807, 2.05) is 0 Å². The lowest BCUT2D eigenvalue weighted by molar-refractivity contribution is 0.0697. The van der Waals surface area contributed by atoms with Gasteiger partial charge in [0.25, 0.3) is 0 Å². The SMILES string of the molecule is O=C(O)c1ccc2[nH]c3nnc(-c4ccccc4O)cc3c2c1. The summed E-state index contributed by atoms with van der Waals surface area (Å²) in [4.78, 5) is 14.3. The van der Waals surface area contributed by atoms with Gasteiger partial charge in [0.15, 0.2) is 5.65 Å². The molecule has 23 heavy (non-hydrogen) atoms. The minimum Gasteiger partial charge on any atom is -0.507 e. The molecule has 6 nitrogen and oxygen atoms in total. The van der Waals surface area contributed by atoms with Crippen LogP contribution in [0, 0.1) is 0 Å². The Hall–Kier alpha value is -3.41. The molecule has 3 N–H and O–H groups in total. The fourth-order valence-corrected chi connectivity index (χ4v) is 2.65. The minimum atomic E-state index is -0.982. The smallest absolute Gasteiger partial charge is 0.335 e. The number of phenolic OH excluding ortho intramolecular Hbond substituents is 1. The van der Waals surface area contributed by atoms with Crippen molar-refractivity contribution in [2.24, 2.45) is 0 Å². The lowest BCUT2D eigenvalue weighted by Gasteiger charge is -2.02. The number of carboxylic acids is 1. The third-order valence-electron chi connectivity index (χ3n) is 3.78. The molecule has 2 aromatic carbocycles. The molecule has 0 unspecified atom stereocenters. The highest BCUT2D eigenvalue weighted by atomic mass is 16.4. The van der Waals surface area contributed by atoms with E-state index in [0.29, 0.717) is 16.9 Å². The molecule has 0 atom stereocenters. The summed E-state index contributed by atoms with van der Waals surface area (Å²) < 4.78 is 0. The maximum Gasteiger partial charge on any atom is 0.335 e. The number of para-hydroxylation sites is 1. The summed E-state index contributed by atoms with van der Waals surface area (Å²) in [5, 5.41) is 28.9. The summed E-state index contributed by atoms with van der Waals surface area (Å²) in [5.74, 6) is -0.864. The zero-order chi connectivity index (χ0) is 16.0. The number of carbonyl (C=O) groups is 1. The van der Waals surface area contributed by atoms with Crippen molar-refractivity contribution in [1.82, 2.24) is 15.2 Å². The van der Waals surface area contributed by atoms with Gasteiger partial charge in [-0.15, -0.1) is 10.2 Å². The summed E-state index contributed by atoms with van der Waals surface area (Å²) in [6.45, 7) is 0. The molecule has 0 aliphatic carbocycles. The molecule has 0 radical (unpaired) electrons. The molecule has 0 bridgehead atoms. The van der Waals surface area contributed by atoms with Gasteiger partial charge in [0.1, 0.15) is 5.75 Å². The number of carboxylic acid groups (broad SMARTS) is 1. The van der Waals surface area contributed by atoms with Crippen LogP contribution in [0.3, 0.4) is 0 Å². The van der Waals surface area contributed by atoms with Gasteiger partial charge in [-0.3, -0.25) is 0 Å².